The number of hydrogen-bond acceptors (Lipinski definition) is 2. The molecule has 1 aromatic carbocycles. The summed E-state index contributed by atoms with van der Waals surface area (Å²) >= 11 is 3.41. The van der Waals surface area contributed by atoms with Gasteiger partial charge in [0.05, 0.1) is 17.7 Å². The zero-order valence-corrected chi connectivity index (χ0v) is 10.8. The first-order valence-corrected chi connectivity index (χ1v) is 6.04. The van der Waals surface area contributed by atoms with Crippen LogP contribution in [0.1, 0.15) is 26.7 Å². The molecule has 0 saturated carbocycles. The largest absolute Gasteiger partial charge is 0.490 e. The molecule has 15 heavy (non-hydrogen) atoms. The van der Waals surface area contributed by atoms with Crippen LogP contribution in [0.3, 0.4) is 0 Å². The zero-order valence-electron chi connectivity index (χ0n) is 9.18. The van der Waals surface area contributed by atoms with Gasteiger partial charge in [-0.1, -0.05) is 13.8 Å². The molecule has 0 atom stereocenters. The van der Waals surface area contributed by atoms with Crippen LogP contribution in [0, 0.1) is 6.07 Å². The Balaban J connectivity index is 2.77. The van der Waals surface area contributed by atoms with E-state index in [1.54, 1.807) is 0 Å². The summed E-state index contributed by atoms with van der Waals surface area (Å²) in [5.74, 6) is 1.55. The number of halogens is 1. The van der Waals surface area contributed by atoms with Crippen LogP contribution in [0.2, 0.25) is 0 Å². The summed E-state index contributed by atoms with van der Waals surface area (Å²) in [6.07, 6.45) is 1.97. The van der Waals surface area contributed by atoms with Crippen LogP contribution in [0.5, 0.6) is 11.5 Å². The minimum Gasteiger partial charge on any atom is -0.490 e. The summed E-state index contributed by atoms with van der Waals surface area (Å²) in [4.78, 5) is 0. The first kappa shape index (κ1) is 12.4. The van der Waals surface area contributed by atoms with Crippen LogP contribution < -0.4 is 9.47 Å². The van der Waals surface area contributed by atoms with Gasteiger partial charge in [0.2, 0.25) is 0 Å². The van der Waals surface area contributed by atoms with Crippen molar-refractivity contribution in [3.63, 3.8) is 0 Å². The van der Waals surface area contributed by atoms with Crippen molar-refractivity contribution in [2.75, 3.05) is 13.2 Å². The van der Waals surface area contributed by atoms with Crippen molar-refractivity contribution in [2.24, 2.45) is 0 Å². The molecule has 0 aliphatic heterocycles. The van der Waals surface area contributed by atoms with E-state index in [1.807, 2.05) is 12.1 Å². The minimum absolute atomic E-state index is 0.693. The average molecular weight is 272 g/mol. The quantitative estimate of drug-likeness (QED) is 0.783. The molecule has 0 aromatic heterocycles. The fourth-order valence-electron chi connectivity index (χ4n) is 1.10. The lowest BCUT2D eigenvalue weighted by atomic mass is 10.3. The van der Waals surface area contributed by atoms with E-state index in [0.717, 1.165) is 28.8 Å². The Morgan fingerprint density at radius 2 is 1.87 bits per heavy atom. The van der Waals surface area contributed by atoms with Crippen molar-refractivity contribution in [2.45, 2.75) is 26.7 Å². The van der Waals surface area contributed by atoms with Gasteiger partial charge >= 0.3 is 0 Å². The number of hydrogen-bond donors (Lipinski definition) is 0. The second-order valence-corrected chi connectivity index (χ2v) is 3.97. The maximum Gasteiger partial charge on any atom is 0.175 e. The third-order valence-corrected chi connectivity index (χ3v) is 2.37. The molecule has 1 rings (SSSR count). The monoisotopic (exact) mass is 271 g/mol. The smallest absolute Gasteiger partial charge is 0.175 e. The second kappa shape index (κ2) is 6.72. The Labute approximate surface area is 99.7 Å². The average Bonchev–Trinajstić information content (AvgIpc) is 2.25. The van der Waals surface area contributed by atoms with E-state index in [1.165, 1.54) is 0 Å². The van der Waals surface area contributed by atoms with Gasteiger partial charge in [0, 0.05) is 6.07 Å². The first-order valence-electron chi connectivity index (χ1n) is 5.25. The topological polar surface area (TPSA) is 18.5 Å². The summed E-state index contributed by atoms with van der Waals surface area (Å²) < 4.78 is 12.0. The Bertz CT molecular complexity index is 300. The molecule has 83 valence electrons. The van der Waals surface area contributed by atoms with Crippen molar-refractivity contribution in [1.29, 1.82) is 0 Å². The van der Waals surface area contributed by atoms with Gasteiger partial charge in [-0.05, 0) is 40.9 Å². The molecule has 0 N–H and O–H groups in total. The SMILES string of the molecule is CCCOc1cc[c]c(Br)c1OCCC. The highest BCUT2D eigenvalue weighted by molar-refractivity contribution is 9.10. The summed E-state index contributed by atoms with van der Waals surface area (Å²) in [5.41, 5.74) is 0. The molecule has 0 heterocycles. The Hall–Kier alpha value is -0.700. The van der Waals surface area contributed by atoms with Crippen LogP contribution in [-0.2, 0) is 0 Å². The van der Waals surface area contributed by atoms with Gasteiger partial charge in [0.15, 0.2) is 11.5 Å². The van der Waals surface area contributed by atoms with E-state index < -0.39 is 0 Å². The standard InChI is InChI=1S/C12H16BrO2/c1-3-8-14-11-7-5-6-10(13)12(11)15-9-4-2/h5,7H,3-4,8-9H2,1-2H3. The molecule has 0 spiro atoms. The molecule has 0 fully saturated rings. The van der Waals surface area contributed by atoms with E-state index >= 15 is 0 Å². The van der Waals surface area contributed by atoms with Crippen molar-refractivity contribution in [3.8, 4) is 11.5 Å². The van der Waals surface area contributed by atoms with Crippen LogP contribution in [0.25, 0.3) is 0 Å². The molecule has 3 heteroatoms. The Kier molecular flexibility index (Phi) is 5.54. The predicted octanol–water partition coefficient (Wildman–Crippen LogP) is 3.83. The van der Waals surface area contributed by atoms with Crippen molar-refractivity contribution >= 4 is 15.9 Å². The summed E-state index contributed by atoms with van der Waals surface area (Å²) in [7, 11) is 0. The van der Waals surface area contributed by atoms with Gasteiger partial charge < -0.3 is 9.47 Å². The van der Waals surface area contributed by atoms with E-state index in [0.29, 0.717) is 13.2 Å². The molecule has 0 bridgehead atoms. The van der Waals surface area contributed by atoms with Crippen molar-refractivity contribution in [3.05, 3.63) is 22.7 Å². The van der Waals surface area contributed by atoms with Gasteiger partial charge in [-0.25, -0.2) is 0 Å². The number of ether oxygens (including phenoxy) is 2. The summed E-state index contributed by atoms with van der Waals surface area (Å²) in [5, 5.41) is 0. The molecule has 0 amide bonds. The zero-order chi connectivity index (χ0) is 11.1. The minimum atomic E-state index is 0.693. The van der Waals surface area contributed by atoms with Gasteiger partial charge in [0.1, 0.15) is 0 Å². The third kappa shape index (κ3) is 3.74. The fourth-order valence-corrected chi connectivity index (χ4v) is 1.55. The molecule has 2 nitrogen and oxygen atoms in total. The molecule has 0 saturated heterocycles. The first-order chi connectivity index (χ1) is 7.29. The highest BCUT2D eigenvalue weighted by Crippen LogP contribution is 2.34. The molecule has 1 radical (unpaired) electrons. The molecular weight excluding hydrogens is 256 g/mol. The van der Waals surface area contributed by atoms with Crippen molar-refractivity contribution < 1.29 is 9.47 Å². The van der Waals surface area contributed by atoms with Gasteiger partial charge in [-0.2, -0.15) is 0 Å². The van der Waals surface area contributed by atoms with E-state index in [9.17, 15) is 0 Å². The normalized spacial score (nSPS) is 10.1. The van der Waals surface area contributed by atoms with Crippen LogP contribution in [-0.4, -0.2) is 13.2 Å². The maximum absolute atomic E-state index is 5.61. The fraction of sp³-hybridized carbons (Fsp3) is 0.500. The highest BCUT2D eigenvalue weighted by Gasteiger charge is 2.08. The maximum atomic E-state index is 5.61. The van der Waals surface area contributed by atoms with Gasteiger partial charge in [0.25, 0.3) is 0 Å². The van der Waals surface area contributed by atoms with Crippen LogP contribution in [0.4, 0.5) is 0 Å². The molecule has 0 unspecified atom stereocenters. The van der Waals surface area contributed by atoms with Gasteiger partial charge in [-0.3, -0.25) is 0 Å². The van der Waals surface area contributed by atoms with E-state index in [-0.39, 0.29) is 0 Å². The lowest BCUT2D eigenvalue weighted by Crippen LogP contribution is -2.01. The van der Waals surface area contributed by atoms with Crippen molar-refractivity contribution in [1.82, 2.24) is 0 Å². The van der Waals surface area contributed by atoms with Crippen LogP contribution in [0.15, 0.2) is 16.6 Å². The number of benzene rings is 1. The summed E-state index contributed by atoms with van der Waals surface area (Å²) in [6.45, 7) is 5.56. The summed E-state index contributed by atoms with van der Waals surface area (Å²) in [6, 6.07) is 6.74. The molecule has 1 aromatic rings. The van der Waals surface area contributed by atoms with Crippen LogP contribution >= 0.6 is 15.9 Å². The molecule has 0 aliphatic carbocycles. The third-order valence-electron chi connectivity index (χ3n) is 1.78. The van der Waals surface area contributed by atoms with Gasteiger partial charge in [-0.15, -0.1) is 0 Å². The predicted molar refractivity (Wildman–Crippen MR) is 64.6 cm³/mol. The van der Waals surface area contributed by atoms with E-state index in [4.69, 9.17) is 9.47 Å². The molecule has 0 aliphatic rings. The lowest BCUT2D eigenvalue weighted by molar-refractivity contribution is 0.267. The lowest BCUT2D eigenvalue weighted by Gasteiger charge is -2.12. The number of rotatable bonds is 6. The Morgan fingerprint density at radius 3 is 2.53 bits per heavy atom. The second-order valence-electron chi connectivity index (χ2n) is 3.18. The molecular formula is C12H16BrO2. The highest BCUT2D eigenvalue weighted by atomic mass is 79.9. The Morgan fingerprint density at radius 1 is 1.20 bits per heavy atom. The van der Waals surface area contributed by atoms with E-state index in [2.05, 4.69) is 35.8 Å².